The van der Waals surface area contributed by atoms with Gasteiger partial charge in [-0.25, -0.2) is 0 Å². The second kappa shape index (κ2) is 10.1. The molecule has 0 spiro atoms. The predicted molar refractivity (Wildman–Crippen MR) is 122 cm³/mol. The Labute approximate surface area is 189 Å². The maximum absolute atomic E-state index is 13.1. The molecule has 7 nitrogen and oxygen atoms in total. The number of likely N-dealkylation sites (tertiary alicyclic amines) is 1. The predicted octanol–water partition coefficient (Wildman–Crippen LogP) is 3.66. The summed E-state index contributed by atoms with van der Waals surface area (Å²) in [6.07, 6.45) is 2.98. The highest BCUT2D eigenvalue weighted by Crippen LogP contribution is 2.38. The molecule has 0 saturated carbocycles. The molecule has 1 unspecified atom stereocenters. The molecule has 2 aromatic rings. The number of hydrogen-bond donors (Lipinski definition) is 0. The molecule has 2 heterocycles. The number of methoxy groups -OCH3 is 2. The summed E-state index contributed by atoms with van der Waals surface area (Å²) in [4.78, 5) is 17.1. The van der Waals surface area contributed by atoms with E-state index in [1.54, 1.807) is 19.1 Å². The lowest BCUT2D eigenvalue weighted by Crippen LogP contribution is -2.37. The largest absolute Gasteiger partial charge is 0.493 e. The van der Waals surface area contributed by atoms with Crippen LogP contribution < -0.4 is 18.9 Å². The summed E-state index contributed by atoms with van der Waals surface area (Å²) in [5.41, 5.74) is 2.10. The van der Waals surface area contributed by atoms with Crippen LogP contribution >= 0.6 is 0 Å². The summed E-state index contributed by atoms with van der Waals surface area (Å²) < 4.78 is 22.5. The zero-order valence-electron chi connectivity index (χ0n) is 19.1. The van der Waals surface area contributed by atoms with Gasteiger partial charge in [0.05, 0.1) is 34.0 Å². The molecule has 2 aromatic carbocycles. The van der Waals surface area contributed by atoms with Gasteiger partial charge in [0.1, 0.15) is 0 Å². The Bertz CT molecular complexity index is 948. The summed E-state index contributed by atoms with van der Waals surface area (Å²) in [6.45, 7) is 3.09. The summed E-state index contributed by atoms with van der Waals surface area (Å²) in [7, 11) is 5.07. The van der Waals surface area contributed by atoms with E-state index in [1.807, 2.05) is 31.3 Å². The Morgan fingerprint density at radius 3 is 2.69 bits per heavy atom. The summed E-state index contributed by atoms with van der Waals surface area (Å²) in [5.74, 6) is 3.02. The van der Waals surface area contributed by atoms with Crippen LogP contribution in [0.15, 0.2) is 36.4 Å². The minimum Gasteiger partial charge on any atom is -0.493 e. The van der Waals surface area contributed by atoms with Crippen molar-refractivity contribution in [2.24, 2.45) is 0 Å². The highest BCUT2D eigenvalue weighted by molar-refractivity contribution is 5.78. The first-order valence-corrected chi connectivity index (χ1v) is 11.2. The first kappa shape index (κ1) is 22.3. The number of likely N-dealkylation sites (N-methyl/N-ethyl adjacent to an activating group) is 1. The first-order valence-electron chi connectivity index (χ1n) is 11.2. The van der Waals surface area contributed by atoms with Crippen molar-refractivity contribution in [1.82, 2.24) is 9.80 Å². The molecule has 32 heavy (non-hydrogen) atoms. The number of hydrogen-bond acceptors (Lipinski definition) is 6. The number of rotatable bonds is 7. The second-order valence-electron chi connectivity index (χ2n) is 8.29. The molecule has 7 heteroatoms. The molecule has 0 radical (unpaired) electrons. The van der Waals surface area contributed by atoms with Gasteiger partial charge < -0.3 is 23.8 Å². The topological polar surface area (TPSA) is 60.5 Å². The van der Waals surface area contributed by atoms with E-state index >= 15 is 0 Å². The molecule has 4 rings (SSSR count). The van der Waals surface area contributed by atoms with Crippen LogP contribution in [0.1, 0.15) is 36.4 Å². The van der Waals surface area contributed by atoms with Gasteiger partial charge >= 0.3 is 0 Å². The van der Waals surface area contributed by atoms with Gasteiger partial charge in [-0.1, -0.05) is 18.2 Å². The van der Waals surface area contributed by atoms with Gasteiger partial charge in [0, 0.05) is 31.6 Å². The number of amides is 1. The highest BCUT2D eigenvalue weighted by atomic mass is 16.5. The first-order chi connectivity index (χ1) is 15.6. The van der Waals surface area contributed by atoms with E-state index in [1.165, 1.54) is 5.56 Å². The molecule has 1 atom stereocenters. The van der Waals surface area contributed by atoms with Crippen molar-refractivity contribution in [2.75, 3.05) is 47.6 Å². The van der Waals surface area contributed by atoms with Crippen LogP contribution in [0.25, 0.3) is 0 Å². The third-order valence-corrected chi connectivity index (χ3v) is 6.18. The quantitative estimate of drug-likeness (QED) is 0.655. The Hall–Kier alpha value is -2.93. The average molecular weight is 441 g/mol. The van der Waals surface area contributed by atoms with Gasteiger partial charge in [0.2, 0.25) is 5.91 Å². The number of carbonyl (C=O) groups excluding carboxylic acids is 1. The molecule has 1 amide bonds. The summed E-state index contributed by atoms with van der Waals surface area (Å²) >= 11 is 0. The Balaban J connectivity index is 1.43. The standard InChI is InChI=1S/C25H32N2O5/c1-26(16-19-7-4-9-22(29-2)25(19)30-3)24(28)17-27-12-5-8-20(27)18-10-11-21-23(15-18)32-14-6-13-31-21/h4,7,9-11,15,20H,5-6,8,12-14,16-17H2,1-3H3. The molecule has 2 aliphatic rings. The van der Waals surface area contributed by atoms with Crippen molar-refractivity contribution >= 4 is 5.91 Å². The average Bonchev–Trinajstić information content (AvgIpc) is 3.14. The molecule has 1 saturated heterocycles. The normalized spacial score (nSPS) is 18.2. The van der Waals surface area contributed by atoms with Gasteiger partial charge in [0.25, 0.3) is 0 Å². The lowest BCUT2D eigenvalue weighted by atomic mass is 10.0. The van der Waals surface area contributed by atoms with Gasteiger partial charge in [-0.3, -0.25) is 9.69 Å². The van der Waals surface area contributed by atoms with Crippen molar-refractivity contribution in [3.63, 3.8) is 0 Å². The van der Waals surface area contributed by atoms with E-state index < -0.39 is 0 Å². The van der Waals surface area contributed by atoms with E-state index in [0.29, 0.717) is 37.8 Å². The maximum Gasteiger partial charge on any atom is 0.236 e. The van der Waals surface area contributed by atoms with Crippen LogP contribution in [0.4, 0.5) is 0 Å². The number of fused-ring (bicyclic) bond motifs is 1. The Morgan fingerprint density at radius 2 is 1.91 bits per heavy atom. The van der Waals surface area contributed by atoms with Crippen LogP contribution in [0.2, 0.25) is 0 Å². The number of nitrogens with zero attached hydrogens (tertiary/aromatic N) is 2. The molecular formula is C25H32N2O5. The fraction of sp³-hybridized carbons (Fsp3) is 0.480. The smallest absolute Gasteiger partial charge is 0.236 e. The lowest BCUT2D eigenvalue weighted by molar-refractivity contribution is -0.131. The zero-order valence-corrected chi connectivity index (χ0v) is 19.1. The number of ether oxygens (including phenoxy) is 4. The summed E-state index contributed by atoms with van der Waals surface area (Å²) in [6, 6.07) is 12.1. The van der Waals surface area contributed by atoms with Crippen LogP contribution in [-0.4, -0.2) is 63.3 Å². The van der Waals surface area contributed by atoms with E-state index in [-0.39, 0.29) is 11.9 Å². The van der Waals surface area contributed by atoms with Crippen LogP contribution in [-0.2, 0) is 11.3 Å². The Kier molecular flexibility index (Phi) is 7.05. The SMILES string of the molecule is COc1cccc(CN(C)C(=O)CN2CCCC2c2ccc3c(c2)OCCCO3)c1OC. The molecule has 0 aromatic heterocycles. The molecule has 0 N–H and O–H groups in total. The van der Waals surface area contributed by atoms with E-state index in [9.17, 15) is 4.79 Å². The van der Waals surface area contributed by atoms with E-state index in [2.05, 4.69) is 17.0 Å². The summed E-state index contributed by atoms with van der Waals surface area (Å²) in [5, 5.41) is 0. The van der Waals surface area contributed by atoms with E-state index in [0.717, 1.165) is 42.9 Å². The molecular weight excluding hydrogens is 408 g/mol. The lowest BCUT2D eigenvalue weighted by Gasteiger charge is -2.27. The molecule has 0 aliphatic carbocycles. The molecule has 0 bridgehead atoms. The van der Waals surface area contributed by atoms with Crippen LogP contribution in [0.5, 0.6) is 23.0 Å². The number of carbonyl (C=O) groups is 1. The van der Waals surface area contributed by atoms with Gasteiger partial charge in [0.15, 0.2) is 23.0 Å². The Morgan fingerprint density at radius 1 is 1.09 bits per heavy atom. The van der Waals surface area contributed by atoms with Crippen molar-refractivity contribution in [3.8, 4) is 23.0 Å². The second-order valence-corrected chi connectivity index (χ2v) is 8.29. The van der Waals surface area contributed by atoms with Crippen molar-refractivity contribution in [1.29, 1.82) is 0 Å². The monoisotopic (exact) mass is 440 g/mol. The third-order valence-electron chi connectivity index (χ3n) is 6.18. The molecule has 2 aliphatic heterocycles. The maximum atomic E-state index is 13.1. The van der Waals surface area contributed by atoms with Crippen molar-refractivity contribution in [3.05, 3.63) is 47.5 Å². The molecule has 1 fully saturated rings. The number of benzene rings is 2. The highest BCUT2D eigenvalue weighted by Gasteiger charge is 2.29. The minimum atomic E-state index is 0.0797. The van der Waals surface area contributed by atoms with Gasteiger partial charge in [-0.05, 0) is 43.1 Å². The minimum absolute atomic E-state index is 0.0797. The van der Waals surface area contributed by atoms with Gasteiger partial charge in [-0.2, -0.15) is 0 Å². The van der Waals surface area contributed by atoms with Crippen LogP contribution in [0.3, 0.4) is 0 Å². The fourth-order valence-corrected chi connectivity index (χ4v) is 4.50. The van der Waals surface area contributed by atoms with Crippen molar-refractivity contribution < 1.29 is 23.7 Å². The molecule has 172 valence electrons. The van der Waals surface area contributed by atoms with Crippen LogP contribution in [0, 0.1) is 0 Å². The van der Waals surface area contributed by atoms with Gasteiger partial charge in [-0.15, -0.1) is 0 Å². The third kappa shape index (κ3) is 4.78. The van der Waals surface area contributed by atoms with Crippen molar-refractivity contribution in [2.45, 2.75) is 31.8 Å². The van der Waals surface area contributed by atoms with E-state index in [4.69, 9.17) is 18.9 Å². The fourth-order valence-electron chi connectivity index (χ4n) is 4.50. The number of para-hydroxylation sites is 1. The zero-order chi connectivity index (χ0) is 22.5.